The average molecular weight is 276 g/mol. The van der Waals surface area contributed by atoms with Crippen molar-refractivity contribution in [2.24, 2.45) is 5.92 Å². The first-order valence-corrected chi connectivity index (χ1v) is 7.46. The second-order valence-corrected chi connectivity index (χ2v) is 6.15. The Labute approximate surface area is 120 Å². The van der Waals surface area contributed by atoms with Gasteiger partial charge < -0.3 is 10.0 Å². The predicted molar refractivity (Wildman–Crippen MR) is 80.4 cm³/mol. The van der Waals surface area contributed by atoms with Crippen LogP contribution in [0, 0.1) is 12.8 Å². The van der Waals surface area contributed by atoms with E-state index in [0.29, 0.717) is 17.5 Å². The Morgan fingerprint density at radius 2 is 2.05 bits per heavy atom. The first-order chi connectivity index (χ1) is 9.47. The van der Waals surface area contributed by atoms with Crippen molar-refractivity contribution in [3.63, 3.8) is 0 Å². The van der Waals surface area contributed by atoms with E-state index in [4.69, 9.17) is 0 Å². The second-order valence-electron chi connectivity index (χ2n) is 6.15. The maximum absolute atomic E-state index is 11.2. The van der Waals surface area contributed by atoms with E-state index in [-0.39, 0.29) is 0 Å². The maximum atomic E-state index is 11.2. The Morgan fingerprint density at radius 3 is 2.60 bits per heavy atom. The first-order valence-electron chi connectivity index (χ1n) is 7.46. The molecular weight excluding hydrogens is 252 g/mol. The number of hydrogen-bond acceptors (Lipinski definition) is 3. The zero-order valence-electron chi connectivity index (χ0n) is 12.6. The molecule has 4 nitrogen and oxygen atoms in total. The summed E-state index contributed by atoms with van der Waals surface area (Å²) in [5.41, 5.74) is 1.10. The third-order valence-corrected chi connectivity index (χ3v) is 3.81. The fourth-order valence-corrected chi connectivity index (χ4v) is 2.96. The third kappa shape index (κ3) is 3.50. The molecule has 0 amide bonds. The highest BCUT2D eigenvalue weighted by molar-refractivity contribution is 5.88. The van der Waals surface area contributed by atoms with Gasteiger partial charge in [-0.15, -0.1) is 0 Å². The highest BCUT2D eigenvalue weighted by Gasteiger charge is 2.25. The minimum Gasteiger partial charge on any atom is -0.478 e. The minimum atomic E-state index is -0.882. The molecule has 1 N–H and O–H groups in total. The molecule has 1 aliphatic carbocycles. The van der Waals surface area contributed by atoms with Crippen LogP contribution < -0.4 is 4.90 Å². The van der Waals surface area contributed by atoms with E-state index in [1.165, 1.54) is 25.7 Å². The molecule has 1 saturated carbocycles. The lowest BCUT2D eigenvalue weighted by Crippen LogP contribution is -2.37. The Morgan fingerprint density at radius 1 is 1.40 bits per heavy atom. The molecular formula is C16H24N2O2. The number of carboxylic acids is 1. The van der Waals surface area contributed by atoms with Crippen molar-refractivity contribution in [3.8, 4) is 0 Å². The average Bonchev–Trinajstić information content (AvgIpc) is 2.88. The summed E-state index contributed by atoms with van der Waals surface area (Å²) >= 11 is 0. The molecule has 0 unspecified atom stereocenters. The third-order valence-electron chi connectivity index (χ3n) is 3.81. The van der Waals surface area contributed by atoms with Crippen molar-refractivity contribution in [2.45, 2.75) is 52.5 Å². The number of rotatable bonds is 5. The van der Waals surface area contributed by atoms with Gasteiger partial charge in [-0.1, -0.05) is 26.7 Å². The number of pyridine rings is 1. The number of hydrogen-bond donors (Lipinski definition) is 1. The predicted octanol–water partition coefficient (Wildman–Crippen LogP) is 3.49. The Hall–Kier alpha value is -1.58. The van der Waals surface area contributed by atoms with Gasteiger partial charge in [0.05, 0.1) is 5.56 Å². The van der Waals surface area contributed by atoms with E-state index in [1.54, 1.807) is 12.1 Å². The zero-order valence-corrected chi connectivity index (χ0v) is 12.6. The van der Waals surface area contributed by atoms with Gasteiger partial charge in [0, 0.05) is 18.3 Å². The van der Waals surface area contributed by atoms with Crippen molar-refractivity contribution in [2.75, 3.05) is 11.4 Å². The van der Waals surface area contributed by atoms with Gasteiger partial charge in [0.2, 0.25) is 0 Å². The van der Waals surface area contributed by atoms with Gasteiger partial charge in [-0.25, -0.2) is 9.78 Å². The first kappa shape index (κ1) is 14.8. The van der Waals surface area contributed by atoms with Gasteiger partial charge in [-0.3, -0.25) is 0 Å². The van der Waals surface area contributed by atoms with E-state index in [9.17, 15) is 9.90 Å². The van der Waals surface area contributed by atoms with E-state index in [0.717, 1.165) is 18.1 Å². The molecule has 1 heterocycles. The van der Waals surface area contributed by atoms with Crippen LogP contribution in [-0.2, 0) is 0 Å². The molecule has 0 bridgehead atoms. The topological polar surface area (TPSA) is 53.4 Å². The van der Waals surface area contributed by atoms with Crippen LogP contribution in [0.3, 0.4) is 0 Å². The van der Waals surface area contributed by atoms with Gasteiger partial charge in [0.15, 0.2) is 0 Å². The molecule has 0 aromatic carbocycles. The second kappa shape index (κ2) is 6.25. The normalized spacial score (nSPS) is 15.8. The standard InChI is InChI=1S/C16H24N2O2/c1-11(2)10-18(14-6-4-5-7-14)15-9-13(16(19)20)8-12(3)17-15/h8-9,11,14H,4-7,10H2,1-3H3,(H,19,20). The quantitative estimate of drug-likeness (QED) is 0.894. The van der Waals surface area contributed by atoms with Gasteiger partial charge in [0.25, 0.3) is 0 Å². The van der Waals surface area contributed by atoms with Crippen molar-refractivity contribution < 1.29 is 9.90 Å². The Kier molecular flexibility index (Phi) is 4.63. The van der Waals surface area contributed by atoms with Crippen LogP contribution in [0.1, 0.15) is 55.6 Å². The summed E-state index contributed by atoms with van der Waals surface area (Å²) in [6.07, 6.45) is 4.89. The monoisotopic (exact) mass is 276 g/mol. The van der Waals surface area contributed by atoms with Crippen molar-refractivity contribution >= 4 is 11.8 Å². The minimum absolute atomic E-state index is 0.333. The maximum Gasteiger partial charge on any atom is 0.335 e. The fourth-order valence-electron chi connectivity index (χ4n) is 2.96. The van der Waals surface area contributed by atoms with Crippen LogP contribution in [0.5, 0.6) is 0 Å². The number of aromatic carboxylic acids is 1. The number of carbonyl (C=O) groups is 1. The SMILES string of the molecule is Cc1cc(C(=O)O)cc(N(CC(C)C)C2CCCC2)n1. The largest absolute Gasteiger partial charge is 0.478 e. The summed E-state index contributed by atoms with van der Waals surface area (Å²) in [7, 11) is 0. The lowest BCUT2D eigenvalue weighted by Gasteiger charge is -2.32. The lowest BCUT2D eigenvalue weighted by atomic mass is 10.1. The fraction of sp³-hybridized carbons (Fsp3) is 0.625. The van der Waals surface area contributed by atoms with Crippen LogP contribution in [0.25, 0.3) is 0 Å². The summed E-state index contributed by atoms with van der Waals surface area (Å²) in [4.78, 5) is 18.1. The summed E-state index contributed by atoms with van der Waals surface area (Å²) in [6, 6.07) is 3.86. The van der Waals surface area contributed by atoms with Crippen molar-refractivity contribution in [1.82, 2.24) is 4.98 Å². The molecule has 4 heteroatoms. The van der Waals surface area contributed by atoms with Crippen LogP contribution in [-0.4, -0.2) is 28.6 Å². The van der Waals surface area contributed by atoms with Crippen molar-refractivity contribution in [3.05, 3.63) is 23.4 Å². The molecule has 1 fully saturated rings. The highest BCUT2D eigenvalue weighted by Crippen LogP contribution is 2.28. The molecule has 0 spiro atoms. The lowest BCUT2D eigenvalue weighted by molar-refractivity contribution is 0.0696. The number of nitrogens with zero attached hydrogens (tertiary/aromatic N) is 2. The summed E-state index contributed by atoms with van der Waals surface area (Å²) < 4.78 is 0. The molecule has 1 aromatic rings. The van der Waals surface area contributed by atoms with Crippen LogP contribution >= 0.6 is 0 Å². The van der Waals surface area contributed by atoms with Gasteiger partial charge in [-0.05, 0) is 37.8 Å². The number of aryl methyl sites for hydroxylation is 1. The number of carboxylic acid groups (broad SMARTS) is 1. The van der Waals surface area contributed by atoms with Crippen LogP contribution in [0.2, 0.25) is 0 Å². The molecule has 20 heavy (non-hydrogen) atoms. The molecule has 2 rings (SSSR count). The van der Waals surface area contributed by atoms with Gasteiger partial charge in [0.1, 0.15) is 5.82 Å². The van der Waals surface area contributed by atoms with E-state index in [1.807, 2.05) is 6.92 Å². The summed E-state index contributed by atoms with van der Waals surface area (Å²) in [5.74, 6) is 0.474. The van der Waals surface area contributed by atoms with E-state index < -0.39 is 5.97 Å². The van der Waals surface area contributed by atoms with Crippen LogP contribution in [0.15, 0.2) is 12.1 Å². The number of aromatic nitrogens is 1. The smallest absolute Gasteiger partial charge is 0.335 e. The van der Waals surface area contributed by atoms with Crippen molar-refractivity contribution in [1.29, 1.82) is 0 Å². The molecule has 0 radical (unpaired) electrons. The summed E-state index contributed by atoms with van der Waals surface area (Å²) in [6.45, 7) is 7.17. The molecule has 0 aliphatic heterocycles. The molecule has 0 atom stereocenters. The number of anilines is 1. The summed E-state index contributed by atoms with van der Waals surface area (Å²) in [5, 5.41) is 9.22. The molecule has 0 saturated heterocycles. The zero-order chi connectivity index (χ0) is 14.7. The molecule has 1 aliphatic rings. The van der Waals surface area contributed by atoms with Gasteiger partial charge in [-0.2, -0.15) is 0 Å². The molecule has 1 aromatic heterocycles. The van der Waals surface area contributed by atoms with Crippen LogP contribution in [0.4, 0.5) is 5.82 Å². The van der Waals surface area contributed by atoms with E-state index >= 15 is 0 Å². The van der Waals surface area contributed by atoms with E-state index in [2.05, 4.69) is 23.7 Å². The Balaban J connectivity index is 2.34. The van der Waals surface area contributed by atoms with Gasteiger partial charge >= 0.3 is 5.97 Å². The highest BCUT2D eigenvalue weighted by atomic mass is 16.4. The Bertz CT molecular complexity index is 479. The molecule has 110 valence electrons.